The number of benzene rings is 1. The molecule has 1 rings (SSSR count). The Morgan fingerprint density at radius 2 is 2.05 bits per heavy atom. The Bertz CT molecular complexity index is 460. The smallest absolute Gasteiger partial charge is 0.191 e. The highest BCUT2D eigenvalue weighted by Crippen LogP contribution is 2.09. The van der Waals surface area contributed by atoms with E-state index in [1.807, 2.05) is 13.0 Å². The Balaban J connectivity index is 2.56. The fourth-order valence-electron chi connectivity index (χ4n) is 1.77. The summed E-state index contributed by atoms with van der Waals surface area (Å²) < 4.78 is 13.5. The van der Waals surface area contributed by atoms with Gasteiger partial charge in [-0.05, 0) is 44.6 Å². The van der Waals surface area contributed by atoms with Crippen LogP contribution in [0.5, 0.6) is 0 Å². The van der Waals surface area contributed by atoms with Crippen molar-refractivity contribution >= 4 is 5.96 Å². The molecule has 0 saturated heterocycles. The van der Waals surface area contributed by atoms with Crippen LogP contribution >= 0.6 is 0 Å². The third-order valence-corrected chi connectivity index (χ3v) is 3.33. The molecule has 0 atom stereocenters. The molecule has 0 spiro atoms. The van der Waals surface area contributed by atoms with Gasteiger partial charge in [0.05, 0.1) is 6.54 Å². The number of hydrogen-bond donors (Lipinski definition) is 2. The van der Waals surface area contributed by atoms with E-state index in [9.17, 15) is 4.39 Å². The van der Waals surface area contributed by atoms with Crippen molar-refractivity contribution in [1.82, 2.24) is 15.5 Å². The Hall–Kier alpha value is -1.62. The van der Waals surface area contributed by atoms with Gasteiger partial charge in [0.1, 0.15) is 5.82 Å². The third-order valence-electron chi connectivity index (χ3n) is 3.33. The molecule has 0 aromatic heterocycles. The number of hydrogen-bond acceptors (Lipinski definition) is 2. The van der Waals surface area contributed by atoms with Gasteiger partial charge in [-0.25, -0.2) is 9.38 Å². The second-order valence-corrected chi connectivity index (χ2v) is 5.10. The Kier molecular flexibility index (Phi) is 7.75. The number of likely N-dealkylation sites (N-methyl/N-ethyl adjacent to an activating group) is 1. The van der Waals surface area contributed by atoms with Crippen LogP contribution < -0.4 is 10.6 Å². The van der Waals surface area contributed by atoms with Gasteiger partial charge in [-0.2, -0.15) is 0 Å². The zero-order chi connectivity index (χ0) is 15.7. The number of aryl methyl sites for hydroxylation is 1. The van der Waals surface area contributed by atoms with Gasteiger partial charge in [0, 0.05) is 19.6 Å². The van der Waals surface area contributed by atoms with E-state index in [1.54, 1.807) is 19.1 Å². The molecule has 0 unspecified atom stereocenters. The van der Waals surface area contributed by atoms with Crippen molar-refractivity contribution in [3.05, 3.63) is 35.1 Å². The molecule has 0 aliphatic rings. The van der Waals surface area contributed by atoms with Gasteiger partial charge < -0.3 is 15.5 Å². The van der Waals surface area contributed by atoms with Crippen molar-refractivity contribution in [2.75, 3.05) is 33.2 Å². The van der Waals surface area contributed by atoms with Gasteiger partial charge in [0.25, 0.3) is 0 Å². The summed E-state index contributed by atoms with van der Waals surface area (Å²) in [6, 6.07) is 5.25. The number of halogens is 1. The normalized spacial score (nSPS) is 11.8. The second-order valence-electron chi connectivity index (χ2n) is 5.10. The van der Waals surface area contributed by atoms with Gasteiger partial charge in [-0.3, -0.25) is 0 Å². The monoisotopic (exact) mass is 294 g/mol. The second kappa shape index (κ2) is 9.34. The first-order valence-electron chi connectivity index (χ1n) is 7.52. The highest BCUT2D eigenvalue weighted by molar-refractivity contribution is 5.79. The lowest BCUT2D eigenvalue weighted by molar-refractivity contribution is 0.357. The molecule has 0 fully saturated rings. The average Bonchev–Trinajstić information content (AvgIpc) is 2.48. The molecule has 118 valence electrons. The van der Waals surface area contributed by atoms with E-state index in [2.05, 4.69) is 34.5 Å². The van der Waals surface area contributed by atoms with Crippen molar-refractivity contribution in [1.29, 1.82) is 0 Å². The first-order valence-corrected chi connectivity index (χ1v) is 7.52. The van der Waals surface area contributed by atoms with Crippen LogP contribution in [0.1, 0.15) is 25.0 Å². The van der Waals surface area contributed by atoms with Crippen LogP contribution in [-0.4, -0.2) is 44.1 Å². The van der Waals surface area contributed by atoms with E-state index < -0.39 is 0 Å². The SMILES string of the molecule is CCNC(=NCc1ccc(C)c(F)c1)NCCN(C)CC. The van der Waals surface area contributed by atoms with Crippen molar-refractivity contribution in [2.45, 2.75) is 27.3 Å². The molecule has 2 N–H and O–H groups in total. The molecule has 1 aromatic carbocycles. The molecule has 0 saturated carbocycles. The molecular formula is C16H27FN4. The van der Waals surface area contributed by atoms with E-state index in [-0.39, 0.29) is 5.82 Å². The van der Waals surface area contributed by atoms with Crippen molar-refractivity contribution < 1.29 is 4.39 Å². The highest BCUT2D eigenvalue weighted by Gasteiger charge is 2.01. The number of nitrogens with zero attached hydrogens (tertiary/aromatic N) is 2. The molecule has 0 aliphatic carbocycles. The van der Waals surface area contributed by atoms with E-state index >= 15 is 0 Å². The van der Waals surface area contributed by atoms with Crippen LogP contribution in [-0.2, 0) is 6.54 Å². The first-order chi connectivity index (χ1) is 10.1. The predicted molar refractivity (Wildman–Crippen MR) is 87.1 cm³/mol. The number of nitrogens with one attached hydrogen (secondary N) is 2. The van der Waals surface area contributed by atoms with Crippen LogP contribution in [0.3, 0.4) is 0 Å². The Morgan fingerprint density at radius 3 is 2.67 bits per heavy atom. The predicted octanol–water partition coefficient (Wildman–Crippen LogP) is 2.14. The van der Waals surface area contributed by atoms with Crippen LogP contribution in [0.25, 0.3) is 0 Å². The van der Waals surface area contributed by atoms with Crippen molar-refractivity contribution in [3.63, 3.8) is 0 Å². The molecule has 1 aromatic rings. The fourth-order valence-corrected chi connectivity index (χ4v) is 1.77. The zero-order valence-corrected chi connectivity index (χ0v) is 13.5. The van der Waals surface area contributed by atoms with E-state index in [4.69, 9.17) is 0 Å². The van der Waals surface area contributed by atoms with Gasteiger partial charge in [0.2, 0.25) is 0 Å². The third kappa shape index (κ3) is 6.58. The van der Waals surface area contributed by atoms with Crippen LogP contribution in [0, 0.1) is 12.7 Å². The Morgan fingerprint density at radius 1 is 1.29 bits per heavy atom. The molecule has 5 heteroatoms. The first kappa shape index (κ1) is 17.4. The largest absolute Gasteiger partial charge is 0.357 e. The van der Waals surface area contributed by atoms with Crippen molar-refractivity contribution in [2.24, 2.45) is 4.99 Å². The minimum atomic E-state index is -0.176. The molecular weight excluding hydrogens is 267 g/mol. The highest BCUT2D eigenvalue weighted by atomic mass is 19.1. The van der Waals surface area contributed by atoms with Crippen molar-refractivity contribution in [3.8, 4) is 0 Å². The molecule has 0 aliphatic heterocycles. The topological polar surface area (TPSA) is 39.7 Å². The number of rotatable bonds is 7. The maximum atomic E-state index is 13.5. The quantitative estimate of drug-likeness (QED) is 0.598. The molecule has 0 bridgehead atoms. The summed E-state index contributed by atoms with van der Waals surface area (Å²) in [5.41, 5.74) is 1.54. The lowest BCUT2D eigenvalue weighted by Crippen LogP contribution is -2.40. The van der Waals surface area contributed by atoms with Gasteiger partial charge >= 0.3 is 0 Å². The fraction of sp³-hybridized carbons (Fsp3) is 0.562. The van der Waals surface area contributed by atoms with Gasteiger partial charge in [0.15, 0.2) is 5.96 Å². The van der Waals surface area contributed by atoms with E-state index in [0.29, 0.717) is 12.1 Å². The minimum absolute atomic E-state index is 0.176. The van der Waals surface area contributed by atoms with Crippen LogP contribution in [0.15, 0.2) is 23.2 Å². The van der Waals surface area contributed by atoms with Gasteiger partial charge in [-0.15, -0.1) is 0 Å². The minimum Gasteiger partial charge on any atom is -0.357 e. The lowest BCUT2D eigenvalue weighted by Gasteiger charge is -2.16. The summed E-state index contributed by atoms with van der Waals surface area (Å²) in [7, 11) is 2.08. The Labute approximate surface area is 127 Å². The summed E-state index contributed by atoms with van der Waals surface area (Å²) in [5, 5.41) is 6.48. The molecule has 0 amide bonds. The van der Waals surface area contributed by atoms with Crippen LogP contribution in [0.2, 0.25) is 0 Å². The maximum absolute atomic E-state index is 13.5. The van der Waals surface area contributed by atoms with E-state index in [1.165, 1.54) is 0 Å². The van der Waals surface area contributed by atoms with Gasteiger partial charge in [-0.1, -0.05) is 19.1 Å². The number of aliphatic imine (C=N–C) groups is 1. The summed E-state index contributed by atoms with van der Waals surface area (Å²) in [6.45, 7) is 10.0. The molecule has 4 nitrogen and oxygen atoms in total. The lowest BCUT2D eigenvalue weighted by atomic mass is 10.1. The summed E-state index contributed by atoms with van der Waals surface area (Å²) in [4.78, 5) is 6.71. The van der Waals surface area contributed by atoms with E-state index in [0.717, 1.165) is 37.7 Å². The maximum Gasteiger partial charge on any atom is 0.191 e. The molecule has 0 radical (unpaired) electrons. The summed E-state index contributed by atoms with van der Waals surface area (Å²) >= 11 is 0. The summed E-state index contributed by atoms with van der Waals surface area (Å²) in [6.07, 6.45) is 0. The summed E-state index contributed by atoms with van der Waals surface area (Å²) in [5.74, 6) is 0.591. The zero-order valence-electron chi connectivity index (χ0n) is 13.5. The van der Waals surface area contributed by atoms with Crippen LogP contribution in [0.4, 0.5) is 4.39 Å². The average molecular weight is 294 g/mol. The standard InChI is InChI=1S/C16H27FN4/c1-5-18-16(19-9-10-21(4)6-2)20-12-14-8-7-13(3)15(17)11-14/h7-8,11H,5-6,9-10,12H2,1-4H3,(H2,18,19,20). The number of guanidine groups is 1. The molecule has 0 heterocycles. The molecule has 21 heavy (non-hydrogen) atoms.